The predicted octanol–water partition coefficient (Wildman–Crippen LogP) is 2.70. The van der Waals surface area contributed by atoms with Crippen LogP contribution in [-0.4, -0.2) is 24.6 Å². The van der Waals surface area contributed by atoms with Crippen LogP contribution in [0, 0.1) is 11.3 Å². The van der Waals surface area contributed by atoms with Crippen molar-refractivity contribution in [2.45, 2.75) is 39.7 Å². The Balaban J connectivity index is 1.88. The second kappa shape index (κ2) is 4.86. The summed E-state index contributed by atoms with van der Waals surface area (Å²) in [7, 11) is 0. The van der Waals surface area contributed by atoms with Gasteiger partial charge in [-0.05, 0) is 42.2 Å². The van der Waals surface area contributed by atoms with Crippen LogP contribution in [0.3, 0.4) is 0 Å². The van der Waals surface area contributed by atoms with Crippen LogP contribution in [-0.2, 0) is 19.1 Å². The second-order valence-corrected chi connectivity index (χ2v) is 6.39. The Morgan fingerprint density at radius 3 is 3.00 bits per heavy atom. The summed E-state index contributed by atoms with van der Waals surface area (Å²) < 4.78 is 10.7. The maximum Gasteiger partial charge on any atom is 0.334 e. The average molecular weight is 288 g/mol. The number of ether oxygens (including phenoxy) is 2. The van der Waals surface area contributed by atoms with Gasteiger partial charge in [0.2, 0.25) is 0 Å². The Labute approximate surface area is 124 Å². The maximum absolute atomic E-state index is 11.8. The molecule has 0 amide bonds. The summed E-state index contributed by atoms with van der Waals surface area (Å²) in [5.74, 6) is -0.195. The Morgan fingerprint density at radius 2 is 2.29 bits per heavy atom. The fourth-order valence-corrected chi connectivity index (χ4v) is 3.69. The largest absolute Gasteiger partial charge is 0.461 e. The molecule has 3 atom stereocenters. The Hall–Kier alpha value is -1.84. The molecule has 0 aromatic rings. The molecule has 1 saturated carbocycles. The van der Waals surface area contributed by atoms with Gasteiger partial charge in [-0.3, -0.25) is 4.79 Å². The molecule has 0 aromatic carbocycles. The number of hydrogen-bond acceptors (Lipinski definition) is 4. The summed E-state index contributed by atoms with van der Waals surface area (Å²) in [6.07, 6.45) is 7.75. The highest BCUT2D eigenvalue weighted by Gasteiger charge is 2.48. The van der Waals surface area contributed by atoms with Crippen LogP contribution in [0.1, 0.15) is 33.6 Å². The molecule has 3 rings (SSSR count). The molecule has 0 bridgehead atoms. The minimum atomic E-state index is -0.268. The van der Waals surface area contributed by atoms with E-state index in [-0.39, 0.29) is 29.4 Å². The molecule has 0 N–H and O–H groups in total. The van der Waals surface area contributed by atoms with E-state index in [1.807, 2.05) is 19.1 Å². The van der Waals surface area contributed by atoms with Gasteiger partial charge < -0.3 is 9.47 Å². The number of esters is 2. The number of hydrogen-bond donors (Lipinski definition) is 0. The topological polar surface area (TPSA) is 52.6 Å². The van der Waals surface area contributed by atoms with E-state index < -0.39 is 0 Å². The zero-order valence-electron chi connectivity index (χ0n) is 12.6. The van der Waals surface area contributed by atoms with E-state index in [1.165, 1.54) is 6.92 Å². The van der Waals surface area contributed by atoms with E-state index in [9.17, 15) is 9.59 Å². The molecule has 2 aliphatic carbocycles. The molecule has 0 aromatic heterocycles. The smallest absolute Gasteiger partial charge is 0.334 e. The summed E-state index contributed by atoms with van der Waals surface area (Å²) >= 11 is 0. The summed E-state index contributed by atoms with van der Waals surface area (Å²) in [6, 6.07) is 0. The lowest BCUT2D eigenvalue weighted by Gasteiger charge is -2.45. The van der Waals surface area contributed by atoms with Crippen LogP contribution in [0.5, 0.6) is 0 Å². The molecule has 4 nitrogen and oxygen atoms in total. The van der Waals surface area contributed by atoms with Gasteiger partial charge in [0.25, 0.3) is 0 Å². The standard InChI is InChI=1S/C17H20O4/c1-10-13-7-14-12(9-20-11(2)18)5-4-6-17(14,3)8-15(13)21-16(10)19/h4-6,14-15H,7-9H2,1-3H3/t14-,15-,17+/m0/s1. The minimum absolute atomic E-state index is 0.0523. The van der Waals surface area contributed by atoms with Crippen molar-refractivity contribution in [3.8, 4) is 0 Å². The van der Waals surface area contributed by atoms with Gasteiger partial charge in [0, 0.05) is 12.5 Å². The first kappa shape index (κ1) is 14.1. The minimum Gasteiger partial charge on any atom is -0.461 e. The highest BCUT2D eigenvalue weighted by molar-refractivity contribution is 5.91. The van der Waals surface area contributed by atoms with Crippen molar-refractivity contribution in [2.24, 2.45) is 11.3 Å². The summed E-state index contributed by atoms with van der Waals surface area (Å²) in [5, 5.41) is 0. The molecular formula is C17H20O4. The van der Waals surface area contributed by atoms with E-state index in [0.29, 0.717) is 6.61 Å². The summed E-state index contributed by atoms with van der Waals surface area (Å²) in [4.78, 5) is 22.8. The van der Waals surface area contributed by atoms with Crippen LogP contribution in [0.15, 0.2) is 34.9 Å². The van der Waals surface area contributed by atoms with Gasteiger partial charge in [-0.1, -0.05) is 25.2 Å². The Morgan fingerprint density at radius 1 is 1.52 bits per heavy atom. The van der Waals surface area contributed by atoms with Crippen molar-refractivity contribution in [1.82, 2.24) is 0 Å². The van der Waals surface area contributed by atoms with E-state index in [2.05, 4.69) is 13.0 Å². The lowest BCUT2D eigenvalue weighted by Crippen LogP contribution is -2.39. The van der Waals surface area contributed by atoms with Gasteiger partial charge in [0.05, 0.1) is 0 Å². The molecule has 112 valence electrons. The first-order valence-corrected chi connectivity index (χ1v) is 7.33. The van der Waals surface area contributed by atoms with Crippen molar-refractivity contribution in [3.05, 3.63) is 34.9 Å². The first-order valence-electron chi connectivity index (χ1n) is 7.33. The molecule has 0 radical (unpaired) electrons. The third-order valence-corrected chi connectivity index (χ3v) is 4.95. The molecular weight excluding hydrogens is 268 g/mol. The van der Waals surface area contributed by atoms with Crippen LogP contribution < -0.4 is 0 Å². The SMILES string of the molecule is CC(=O)OCC1=CC=C[C@]2(C)C[C@@H]3OC(=O)C(C)=C3C[C@@H]12. The van der Waals surface area contributed by atoms with Gasteiger partial charge >= 0.3 is 11.9 Å². The first-order chi connectivity index (χ1) is 9.90. The van der Waals surface area contributed by atoms with Crippen LogP contribution in [0.4, 0.5) is 0 Å². The molecule has 0 saturated heterocycles. The number of carbonyl (C=O) groups is 2. The van der Waals surface area contributed by atoms with Crippen molar-refractivity contribution in [2.75, 3.05) is 6.61 Å². The van der Waals surface area contributed by atoms with Crippen molar-refractivity contribution in [3.63, 3.8) is 0 Å². The van der Waals surface area contributed by atoms with E-state index in [0.717, 1.165) is 29.6 Å². The lowest BCUT2D eigenvalue weighted by molar-refractivity contribution is -0.142. The zero-order chi connectivity index (χ0) is 15.2. The van der Waals surface area contributed by atoms with Crippen molar-refractivity contribution in [1.29, 1.82) is 0 Å². The number of fused-ring (bicyclic) bond motifs is 2. The highest BCUT2D eigenvalue weighted by atomic mass is 16.5. The van der Waals surface area contributed by atoms with Crippen molar-refractivity contribution < 1.29 is 19.1 Å². The highest BCUT2D eigenvalue weighted by Crippen LogP contribution is 2.52. The molecule has 0 unspecified atom stereocenters. The predicted molar refractivity (Wildman–Crippen MR) is 77.3 cm³/mol. The quantitative estimate of drug-likeness (QED) is 0.733. The van der Waals surface area contributed by atoms with Crippen LogP contribution in [0.2, 0.25) is 0 Å². The second-order valence-electron chi connectivity index (χ2n) is 6.39. The van der Waals surface area contributed by atoms with Gasteiger partial charge in [-0.15, -0.1) is 0 Å². The Bertz CT molecular complexity index is 596. The molecule has 0 spiro atoms. The van der Waals surface area contributed by atoms with Crippen LogP contribution >= 0.6 is 0 Å². The van der Waals surface area contributed by atoms with E-state index >= 15 is 0 Å². The van der Waals surface area contributed by atoms with Crippen molar-refractivity contribution >= 4 is 11.9 Å². The van der Waals surface area contributed by atoms with E-state index in [1.54, 1.807) is 0 Å². The Kier molecular flexibility index (Phi) is 3.27. The molecule has 4 heteroatoms. The molecule has 21 heavy (non-hydrogen) atoms. The third-order valence-electron chi connectivity index (χ3n) is 4.95. The number of carbonyl (C=O) groups excluding carboxylic acids is 2. The monoisotopic (exact) mass is 288 g/mol. The van der Waals surface area contributed by atoms with Gasteiger partial charge in [-0.25, -0.2) is 4.79 Å². The van der Waals surface area contributed by atoms with Gasteiger partial charge in [0.1, 0.15) is 12.7 Å². The number of allylic oxidation sites excluding steroid dienone is 3. The summed E-state index contributed by atoms with van der Waals surface area (Å²) in [6.45, 7) is 5.78. The molecule has 3 aliphatic rings. The maximum atomic E-state index is 11.8. The van der Waals surface area contributed by atoms with Gasteiger partial charge in [-0.2, -0.15) is 0 Å². The molecule has 1 fully saturated rings. The van der Waals surface area contributed by atoms with Crippen LogP contribution in [0.25, 0.3) is 0 Å². The zero-order valence-corrected chi connectivity index (χ0v) is 12.6. The molecule has 1 aliphatic heterocycles. The summed E-state index contributed by atoms with van der Waals surface area (Å²) in [5.41, 5.74) is 2.94. The van der Waals surface area contributed by atoms with E-state index in [4.69, 9.17) is 9.47 Å². The third kappa shape index (κ3) is 2.33. The van der Waals surface area contributed by atoms with Gasteiger partial charge in [0.15, 0.2) is 0 Å². The molecule has 1 heterocycles. The lowest BCUT2D eigenvalue weighted by atomic mass is 9.60. The average Bonchev–Trinajstić information content (AvgIpc) is 2.68. The fourth-order valence-electron chi connectivity index (χ4n) is 3.69. The number of rotatable bonds is 2. The normalized spacial score (nSPS) is 34.0. The fraction of sp³-hybridized carbons (Fsp3) is 0.529.